The van der Waals surface area contributed by atoms with E-state index >= 15 is 0 Å². The lowest BCUT2D eigenvalue weighted by atomic mass is 10.1. The van der Waals surface area contributed by atoms with Gasteiger partial charge in [-0.15, -0.1) is 10.2 Å². The molecule has 1 heterocycles. The van der Waals surface area contributed by atoms with Crippen molar-refractivity contribution in [3.63, 3.8) is 0 Å². The lowest BCUT2D eigenvalue weighted by Gasteiger charge is -2.10. The van der Waals surface area contributed by atoms with Crippen molar-refractivity contribution in [2.24, 2.45) is 0 Å². The van der Waals surface area contributed by atoms with Crippen LogP contribution in [0.5, 0.6) is 0 Å². The van der Waals surface area contributed by atoms with Crippen LogP contribution in [-0.4, -0.2) is 29.2 Å². The third kappa shape index (κ3) is 4.44. The Morgan fingerprint density at radius 2 is 1.82 bits per heavy atom. The van der Waals surface area contributed by atoms with Gasteiger partial charge in [-0.2, -0.15) is 0 Å². The Balaban J connectivity index is 1.72. The molecule has 8 heteroatoms. The second-order valence-corrected chi connectivity index (χ2v) is 6.29. The molecule has 2 N–H and O–H groups in total. The Morgan fingerprint density at radius 1 is 1.04 bits per heavy atom. The van der Waals surface area contributed by atoms with E-state index in [1.165, 1.54) is 13.2 Å². The normalized spacial score (nSPS) is 10.2. The number of methoxy groups -OCH3 is 1. The highest BCUT2D eigenvalue weighted by atomic mass is 35.5. The van der Waals surface area contributed by atoms with Crippen LogP contribution in [0.3, 0.4) is 0 Å². The van der Waals surface area contributed by atoms with Crippen LogP contribution in [-0.2, 0) is 4.74 Å². The minimum absolute atomic E-state index is 0.104. The van der Waals surface area contributed by atoms with Gasteiger partial charge in [0, 0.05) is 10.7 Å². The summed E-state index contributed by atoms with van der Waals surface area (Å²) in [5.74, 6) is -0.571. The standard InChI is InChI=1S/C20H17ClN4O3/c1-12-7-8-13(11-15(12)21)22-18-10-9-17(24-25-18)19(26)23-16-6-4-3-5-14(16)20(27)28-2/h3-11H,1-2H3,(H,22,25)(H,23,26). The Kier molecular flexibility index (Phi) is 5.86. The molecule has 3 aromatic rings. The number of para-hydroxylation sites is 1. The number of carbonyl (C=O) groups excluding carboxylic acids is 2. The molecule has 3 rings (SSSR count). The molecule has 1 aromatic heterocycles. The van der Waals surface area contributed by atoms with E-state index in [1.807, 2.05) is 19.1 Å². The summed E-state index contributed by atoms with van der Waals surface area (Å²) in [5, 5.41) is 14.3. The van der Waals surface area contributed by atoms with Gasteiger partial charge in [-0.3, -0.25) is 4.79 Å². The predicted octanol–water partition coefficient (Wildman–Crippen LogP) is 4.22. The van der Waals surface area contributed by atoms with Crippen molar-refractivity contribution in [2.75, 3.05) is 17.7 Å². The number of amides is 1. The Morgan fingerprint density at radius 3 is 2.50 bits per heavy atom. The summed E-state index contributed by atoms with van der Waals surface area (Å²) < 4.78 is 4.72. The summed E-state index contributed by atoms with van der Waals surface area (Å²) in [6.45, 7) is 1.91. The Labute approximate surface area is 166 Å². The molecule has 0 aliphatic rings. The van der Waals surface area contributed by atoms with Gasteiger partial charge in [0.2, 0.25) is 0 Å². The number of hydrogen-bond donors (Lipinski definition) is 2. The summed E-state index contributed by atoms with van der Waals surface area (Å²) >= 11 is 6.11. The quantitative estimate of drug-likeness (QED) is 0.627. The molecule has 0 atom stereocenters. The molecule has 0 radical (unpaired) electrons. The summed E-state index contributed by atoms with van der Waals surface area (Å²) in [5.41, 5.74) is 2.41. The molecular weight excluding hydrogens is 380 g/mol. The fourth-order valence-electron chi connectivity index (χ4n) is 2.40. The van der Waals surface area contributed by atoms with Crippen molar-refractivity contribution in [2.45, 2.75) is 6.92 Å². The van der Waals surface area contributed by atoms with E-state index < -0.39 is 11.9 Å². The SMILES string of the molecule is COC(=O)c1ccccc1NC(=O)c1ccc(Nc2ccc(C)c(Cl)c2)nn1. The number of esters is 1. The van der Waals surface area contributed by atoms with E-state index in [1.54, 1.807) is 36.4 Å². The fourth-order valence-corrected chi connectivity index (χ4v) is 2.59. The first kappa shape index (κ1) is 19.3. The van der Waals surface area contributed by atoms with E-state index in [2.05, 4.69) is 20.8 Å². The Bertz CT molecular complexity index is 1020. The van der Waals surface area contributed by atoms with Crippen LogP contribution in [0.1, 0.15) is 26.4 Å². The minimum atomic E-state index is -0.543. The maximum absolute atomic E-state index is 12.4. The highest BCUT2D eigenvalue weighted by molar-refractivity contribution is 6.31. The van der Waals surface area contributed by atoms with Crippen LogP contribution < -0.4 is 10.6 Å². The van der Waals surface area contributed by atoms with Crippen LogP contribution in [0, 0.1) is 6.92 Å². The molecule has 1 amide bonds. The van der Waals surface area contributed by atoms with Gasteiger partial charge in [0.25, 0.3) is 5.91 Å². The number of nitrogens with one attached hydrogen (secondary N) is 2. The van der Waals surface area contributed by atoms with Gasteiger partial charge in [0.1, 0.15) is 0 Å². The lowest BCUT2D eigenvalue weighted by molar-refractivity contribution is 0.0602. The molecule has 0 aliphatic carbocycles. The van der Waals surface area contributed by atoms with Crippen molar-refractivity contribution in [1.29, 1.82) is 0 Å². The van der Waals surface area contributed by atoms with Crippen molar-refractivity contribution in [1.82, 2.24) is 10.2 Å². The van der Waals surface area contributed by atoms with Gasteiger partial charge in [-0.1, -0.05) is 29.8 Å². The third-order valence-electron chi connectivity index (χ3n) is 3.92. The number of anilines is 3. The second kappa shape index (κ2) is 8.49. The fraction of sp³-hybridized carbons (Fsp3) is 0.100. The number of benzene rings is 2. The van der Waals surface area contributed by atoms with Gasteiger partial charge in [-0.05, 0) is 48.9 Å². The van der Waals surface area contributed by atoms with E-state index in [-0.39, 0.29) is 11.3 Å². The number of halogens is 1. The number of nitrogens with zero attached hydrogens (tertiary/aromatic N) is 2. The average molecular weight is 397 g/mol. The van der Waals surface area contributed by atoms with Crippen LogP contribution >= 0.6 is 11.6 Å². The van der Waals surface area contributed by atoms with Crippen LogP contribution in [0.15, 0.2) is 54.6 Å². The molecule has 0 fully saturated rings. The topological polar surface area (TPSA) is 93.2 Å². The monoisotopic (exact) mass is 396 g/mol. The van der Waals surface area contributed by atoms with Crippen LogP contribution in [0.2, 0.25) is 5.02 Å². The largest absolute Gasteiger partial charge is 0.465 e. The van der Waals surface area contributed by atoms with Gasteiger partial charge in [0.15, 0.2) is 11.5 Å². The summed E-state index contributed by atoms with van der Waals surface area (Å²) in [7, 11) is 1.28. The highest BCUT2D eigenvalue weighted by Gasteiger charge is 2.15. The van der Waals surface area contributed by atoms with Gasteiger partial charge in [-0.25, -0.2) is 4.79 Å². The molecule has 0 unspecified atom stereocenters. The van der Waals surface area contributed by atoms with E-state index in [0.29, 0.717) is 16.5 Å². The molecule has 0 spiro atoms. The maximum Gasteiger partial charge on any atom is 0.339 e. The van der Waals surface area contributed by atoms with E-state index in [0.717, 1.165) is 11.3 Å². The number of aryl methyl sites for hydroxylation is 1. The van der Waals surface area contributed by atoms with Crippen LogP contribution in [0.25, 0.3) is 0 Å². The summed E-state index contributed by atoms with van der Waals surface area (Å²) in [6.07, 6.45) is 0. The lowest BCUT2D eigenvalue weighted by Crippen LogP contribution is -2.17. The highest BCUT2D eigenvalue weighted by Crippen LogP contribution is 2.22. The third-order valence-corrected chi connectivity index (χ3v) is 4.33. The van der Waals surface area contributed by atoms with Gasteiger partial charge in [0.05, 0.1) is 18.4 Å². The molecule has 7 nitrogen and oxygen atoms in total. The van der Waals surface area contributed by atoms with Crippen LogP contribution in [0.4, 0.5) is 17.2 Å². The molecular formula is C20H17ClN4O3. The zero-order valence-electron chi connectivity index (χ0n) is 15.2. The summed E-state index contributed by atoms with van der Waals surface area (Å²) in [4.78, 5) is 24.2. The number of rotatable bonds is 5. The van der Waals surface area contributed by atoms with Crippen molar-refractivity contribution in [3.8, 4) is 0 Å². The van der Waals surface area contributed by atoms with Crippen molar-refractivity contribution in [3.05, 3.63) is 76.4 Å². The van der Waals surface area contributed by atoms with Crippen molar-refractivity contribution < 1.29 is 14.3 Å². The first-order chi connectivity index (χ1) is 13.5. The molecule has 142 valence electrons. The van der Waals surface area contributed by atoms with Gasteiger partial charge < -0.3 is 15.4 Å². The number of ether oxygens (including phenoxy) is 1. The predicted molar refractivity (Wildman–Crippen MR) is 107 cm³/mol. The van der Waals surface area contributed by atoms with E-state index in [4.69, 9.17) is 16.3 Å². The molecule has 0 saturated heterocycles. The number of hydrogen-bond acceptors (Lipinski definition) is 6. The van der Waals surface area contributed by atoms with E-state index in [9.17, 15) is 9.59 Å². The smallest absolute Gasteiger partial charge is 0.339 e. The second-order valence-electron chi connectivity index (χ2n) is 5.88. The molecule has 2 aromatic carbocycles. The average Bonchev–Trinajstić information content (AvgIpc) is 2.71. The minimum Gasteiger partial charge on any atom is -0.465 e. The first-order valence-electron chi connectivity index (χ1n) is 8.33. The molecule has 0 bridgehead atoms. The summed E-state index contributed by atoms with van der Waals surface area (Å²) in [6, 6.07) is 15.2. The van der Waals surface area contributed by atoms with Crippen molar-refractivity contribution >= 4 is 40.7 Å². The zero-order valence-corrected chi connectivity index (χ0v) is 15.9. The Hall–Kier alpha value is -3.45. The molecule has 28 heavy (non-hydrogen) atoms. The first-order valence-corrected chi connectivity index (χ1v) is 8.71. The van der Waals surface area contributed by atoms with Gasteiger partial charge >= 0.3 is 5.97 Å². The molecule has 0 saturated carbocycles. The maximum atomic E-state index is 12.4. The number of aromatic nitrogens is 2. The number of carbonyl (C=O) groups is 2. The zero-order chi connectivity index (χ0) is 20.1. The molecule has 0 aliphatic heterocycles.